The third kappa shape index (κ3) is 4.23. The van der Waals surface area contributed by atoms with Crippen molar-refractivity contribution in [2.75, 3.05) is 0 Å². The molecule has 0 heterocycles. The Morgan fingerprint density at radius 2 is 1.77 bits per heavy atom. The predicted octanol–water partition coefficient (Wildman–Crippen LogP) is 6.38. The molecule has 2 aromatic carbocycles. The van der Waals surface area contributed by atoms with Gasteiger partial charge in [-0.1, -0.05) is 19.4 Å². The SMILES string of the molecule is C[C@H]1CC[C@@H]2CC(c3ccc(C(=O)Oc4ccc(C#N)c(F)c4)cc3F)CC[C@H]2C1. The van der Waals surface area contributed by atoms with Crippen molar-refractivity contribution in [3.05, 3.63) is 64.7 Å². The highest BCUT2D eigenvalue weighted by Crippen LogP contribution is 2.47. The van der Waals surface area contributed by atoms with E-state index in [1.165, 1.54) is 37.5 Å². The Balaban J connectivity index is 1.45. The minimum Gasteiger partial charge on any atom is -0.423 e. The van der Waals surface area contributed by atoms with E-state index in [-0.39, 0.29) is 28.6 Å². The molecule has 0 spiro atoms. The molecule has 4 atom stereocenters. The summed E-state index contributed by atoms with van der Waals surface area (Å²) < 4.78 is 33.7. The van der Waals surface area contributed by atoms with Gasteiger partial charge in [-0.3, -0.25) is 0 Å². The lowest BCUT2D eigenvalue weighted by Gasteiger charge is -2.41. The van der Waals surface area contributed by atoms with Crippen molar-refractivity contribution in [1.29, 1.82) is 5.26 Å². The Kier molecular flexibility index (Phi) is 5.85. The number of carbonyl (C=O) groups excluding carboxylic acids is 1. The van der Waals surface area contributed by atoms with Crippen LogP contribution in [0.15, 0.2) is 36.4 Å². The Morgan fingerprint density at radius 1 is 1.00 bits per heavy atom. The first-order valence-corrected chi connectivity index (χ1v) is 10.7. The fraction of sp³-hybridized carbons (Fsp3) is 0.440. The van der Waals surface area contributed by atoms with Crippen LogP contribution < -0.4 is 4.74 Å². The molecule has 0 saturated heterocycles. The molecule has 3 nitrogen and oxygen atoms in total. The number of fused-ring (bicyclic) bond motifs is 1. The number of hydrogen-bond acceptors (Lipinski definition) is 3. The van der Waals surface area contributed by atoms with Gasteiger partial charge in [0, 0.05) is 6.07 Å². The monoisotopic (exact) mass is 409 g/mol. The Bertz CT molecular complexity index is 997. The normalized spacial score (nSPS) is 25.8. The Labute approximate surface area is 175 Å². The van der Waals surface area contributed by atoms with Gasteiger partial charge in [0.25, 0.3) is 0 Å². The van der Waals surface area contributed by atoms with E-state index in [1.54, 1.807) is 18.2 Å². The van der Waals surface area contributed by atoms with Crippen LogP contribution in [0, 0.1) is 40.7 Å². The van der Waals surface area contributed by atoms with E-state index in [0.717, 1.165) is 37.2 Å². The summed E-state index contributed by atoms with van der Waals surface area (Å²) >= 11 is 0. The van der Waals surface area contributed by atoms with E-state index in [2.05, 4.69) is 6.92 Å². The topological polar surface area (TPSA) is 50.1 Å². The second-order valence-electron chi connectivity index (χ2n) is 8.83. The number of benzene rings is 2. The molecule has 0 N–H and O–H groups in total. The lowest BCUT2D eigenvalue weighted by molar-refractivity contribution is 0.0733. The number of halogens is 2. The molecule has 0 aliphatic heterocycles. The third-order valence-electron chi connectivity index (χ3n) is 6.82. The maximum atomic E-state index is 14.9. The molecule has 2 aliphatic rings. The number of nitriles is 1. The minimum atomic E-state index is -0.767. The molecule has 0 amide bonds. The van der Waals surface area contributed by atoms with E-state index >= 15 is 0 Å². The highest BCUT2D eigenvalue weighted by Gasteiger charge is 2.35. The fourth-order valence-electron chi connectivity index (χ4n) is 5.21. The molecule has 4 rings (SSSR count). The van der Waals surface area contributed by atoms with Crippen LogP contribution in [-0.2, 0) is 0 Å². The first-order valence-electron chi connectivity index (χ1n) is 10.7. The van der Waals surface area contributed by atoms with Gasteiger partial charge in [-0.15, -0.1) is 0 Å². The number of esters is 1. The van der Waals surface area contributed by atoms with Gasteiger partial charge >= 0.3 is 5.97 Å². The summed E-state index contributed by atoms with van der Waals surface area (Å²) in [6.07, 6.45) is 6.93. The van der Waals surface area contributed by atoms with Crippen molar-refractivity contribution in [3.8, 4) is 11.8 Å². The van der Waals surface area contributed by atoms with Crippen molar-refractivity contribution < 1.29 is 18.3 Å². The van der Waals surface area contributed by atoms with Crippen LogP contribution in [0.5, 0.6) is 5.75 Å². The molecule has 5 heteroatoms. The molecule has 0 radical (unpaired) electrons. The first-order chi connectivity index (χ1) is 14.4. The molecule has 2 fully saturated rings. The average Bonchev–Trinajstić information content (AvgIpc) is 2.73. The molecule has 0 bridgehead atoms. The maximum absolute atomic E-state index is 14.9. The number of nitrogens with zero attached hydrogens (tertiary/aromatic N) is 1. The largest absolute Gasteiger partial charge is 0.423 e. The molecule has 156 valence electrons. The third-order valence-corrected chi connectivity index (χ3v) is 6.82. The molecule has 1 unspecified atom stereocenters. The van der Waals surface area contributed by atoms with Gasteiger partial charge in [0.2, 0.25) is 0 Å². The standard InChI is InChI=1S/C25H25F2NO2/c1-15-2-3-17-11-18(5-4-16(17)10-15)22-9-7-19(12-24(22)27)25(29)30-21-8-6-20(14-28)23(26)13-21/h6-9,12-13,15-18H,2-5,10-11H2,1H3/t15-,16-,17+,18?/m0/s1. The van der Waals surface area contributed by atoms with Crippen LogP contribution in [0.25, 0.3) is 0 Å². The quantitative estimate of drug-likeness (QED) is 0.437. The van der Waals surface area contributed by atoms with Crippen molar-refractivity contribution in [3.63, 3.8) is 0 Å². The highest BCUT2D eigenvalue weighted by atomic mass is 19.1. The highest BCUT2D eigenvalue weighted by molar-refractivity contribution is 5.91. The second-order valence-corrected chi connectivity index (χ2v) is 8.83. The van der Waals surface area contributed by atoms with Gasteiger partial charge in [0.1, 0.15) is 23.5 Å². The number of ether oxygens (including phenoxy) is 1. The molecule has 2 aromatic rings. The van der Waals surface area contributed by atoms with E-state index in [1.807, 2.05) is 0 Å². The summed E-state index contributed by atoms with van der Waals surface area (Å²) in [5, 5.41) is 8.77. The van der Waals surface area contributed by atoms with Crippen molar-refractivity contribution in [2.45, 2.75) is 51.4 Å². The van der Waals surface area contributed by atoms with Crippen LogP contribution in [0.2, 0.25) is 0 Å². The fourth-order valence-corrected chi connectivity index (χ4v) is 5.21. The molecular formula is C25H25F2NO2. The Morgan fingerprint density at radius 3 is 2.50 bits per heavy atom. The van der Waals surface area contributed by atoms with Crippen molar-refractivity contribution >= 4 is 5.97 Å². The zero-order valence-electron chi connectivity index (χ0n) is 17.0. The van der Waals surface area contributed by atoms with E-state index < -0.39 is 11.8 Å². The van der Waals surface area contributed by atoms with Crippen LogP contribution in [0.4, 0.5) is 8.78 Å². The summed E-state index contributed by atoms with van der Waals surface area (Å²) in [4.78, 5) is 12.4. The first kappa shape index (κ1) is 20.5. The second kappa shape index (κ2) is 8.55. The van der Waals surface area contributed by atoms with Crippen molar-refractivity contribution in [1.82, 2.24) is 0 Å². The summed E-state index contributed by atoms with van der Waals surface area (Å²) in [6.45, 7) is 2.33. The molecular weight excluding hydrogens is 384 g/mol. The summed E-state index contributed by atoms with van der Waals surface area (Å²) in [5.74, 6) is 0.512. The van der Waals surface area contributed by atoms with Crippen LogP contribution in [0.1, 0.15) is 72.9 Å². The van der Waals surface area contributed by atoms with Crippen LogP contribution in [0.3, 0.4) is 0 Å². The van der Waals surface area contributed by atoms with Gasteiger partial charge in [-0.25, -0.2) is 13.6 Å². The van der Waals surface area contributed by atoms with E-state index in [0.29, 0.717) is 11.5 Å². The van der Waals surface area contributed by atoms with Gasteiger partial charge in [0.15, 0.2) is 0 Å². The van der Waals surface area contributed by atoms with Gasteiger partial charge in [0.05, 0.1) is 11.1 Å². The lowest BCUT2D eigenvalue weighted by Crippen LogP contribution is -2.30. The zero-order valence-corrected chi connectivity index (χ0v) is 17.0. The zero-order chi connectivity index (χ0) is 21.3. The van der Waals surface area contributed by atoms with Gasteiger partial charge < -0.3 is 4.74 Å². The van der Waals surface area contributed by atoms with E-state index in [9.17, 15) is 13.6 Å². The minimum absolute atomic E-state index is 0.0224. The molecule has 0 aromatic heterocycles. The van der Waals surface area contributed by atoms with Gasteiger partial charge in [-0.05, 0) is 85.6 Å². The maximum Gasteiger partial charge on any atom is 0.343 e. The molecule has 2 aliphatic carbocycles. The van der Waals surface area contributed by atoms with Crippen molar-refractivity contribution in [2.24, 2.45) is 17.8 Å². The van der Waals surface area contributed by atoms with E-state index in [4.69, 9.17) is 10.00 Å². The Hall–Kier alpha value is -2.74. The van der Waals surface area contributed by atoms with Crippen LogP contribution >= 0.6 is 0 Å². The summed E-state index contributed by atoms with van der Waals surface area (Å²) in [7, 11) is 0. The smallest absolute Gasteiger partial charge is 0.343 e. The predicted molar refractivity (Wildman–Crippen MR) is 109 cm³/mol. The number of hydrogen-bond donors (Lipinski definition) is 0. The molecule has 30 heavy (non-hydrogen) atoms. The average molecular weight is 409 g/mol. The summed E-state index contributed by atoms with van der Waals surface area (Å²) in [5.41, 5.74) is 0.626. The van der Waals surface area contributed by atoms with Crippen LogP contribution in [-0.4, -0.2) is 5.97 Å². The lowest BCUT2D eigenvalue weighted by atomic mass is 9.64. The summed E-state index contributed by atoms with van der Waals surface area (Å²) in [6, 6.07) is 9.75. The molecule has 2 saturated carbocycles. The number of rotatable bonds is 3. The number of carbonyl (C=O) groups is 1. The van der Waals surface area contributed by atoms with Gasteiger partial charge in [-0.2, -0.15) is 5.26 Å².